The van der Waals surface area contributed by atoms with Crippen LogP contribution in [0.25, 0.3) is 0 Å². The Bertz CT molecular complexity index is 308. The van der Waals surface area contributed by atoms with E-state index >= 15 is 0 Å². The van der Waals surface area contributed by atoms with Crippen molar-refractivity contribution in [2.24, 2.45) is 0 Å². The van der Waals surface area contributed by atoms with Crippen LogP contribution in [0, 0.1) is 6.92 Å². The highest BCUT2D eigenvalue weighted by Crippen LogP contribution is 2.25. The van der Waals surface area contributed by atoms with Crippen LogP contribution in [0.4, 0.5) is 5.82 Å². The molecule has 0 radical (unpaired) electrons. The average Bonchev–Trinajstić information content (AvgIpc) is 2.10. The molecule has 1 aliphatic rings. The predicted octanol–water partition coefficient (Wildman–Crippen LogP) is 1.98. The number of nitrogens with one attached hydrogen (secondary N) is 1. The topological polar surface area (TPSA) is 34.1 Å². The first kappa shape index (κ1) is 9.46. The first-order valence-electron chi connectivity index (χ1n) is 5.01. The van der Waals surface area contributed by atoms with Gasteiger partial charge in [0.15, 0.2) is 0 Å². The quantitative estimate of drug-likeness (QED) is 0.795. The Balaban J connectivity index is 1.87. The van der Waals surface area contributed by atoms with Crippen LogP contribution in [0.15, 0.2) is 18.2 Å². The number of nitrogens with zero attached hydrogens (tertiary/aromatic N) is 1. The zero-order valence-corrected chi connectivity index (χ0v) is 8.66. The Labute approximate surface area is 84.5 Å². The lowest BCUT2D eigenvalue weighted by molar-refractivity contribution is 0.0328. The van der Waals surface area contributed by atoms with Crippen molar-refractivity contribution >= 4 is 5.82 Å². The maximum Gasteiger partial charge on any atom is 0.126 e. The molecule has 3 nitrogen and oxygen atoms in total. The maximum atomic E-state index is 5.22. The van der Waals surface area contributed by atoms with Crippen LogP contribution in [0.2, 0.25) is 0 Å². The molecule has 1 aliphatic carbocycles. The third-order valence-electron chi connectivity index (χ3n) is 2.67. The molecule has 0 atom stereocenters. The highest BCUT2D eigenvalue weighted by molar-refractivity contribution is 5.37. The van der Waals surface area contributed by atoms with Crippen molar-refractivity contribution in [3.8, 4) is 0 Å². The summed E-state index contributed by atoms with van der Waals surface area (Å²) in [4.78, 5) is 4.39. The Hall–Kier alpha value is -1.09. The summed E-state index contributed by atoms with van der Waals surface area (Å²) in [6.07, 6.45) is 2.62. The van der Waals surface area contributed by atoms with Gasteiger partial charge in [0.05, 0.1) is 6.10 Å². The molecular formula is C11H16N2O. The van der Waals surface area contributed by atoms with Crippen LogP contribution in [0.1, 0.15) is 18.5 Å². The van der Waals surface area contributed by atoms with Crippen molar-refractivity contribution < 1.29 is 4.74 Å². The number of ether oxygens (including phenoxy) is 1. The van der Waals surface area contributed by atoms with Crippen molar-refractivity contribution in [1.29, 1.82) is 0 Å². The number of methoxy groups -OCH3 is 1. The van der Waals surface area contributed by atoms with Gasteiger partial charge in [-0.2, -0.15) is 0 Å². The molecule has 76 valence electrons. The minimum atomic E-state index is 0.442. The molecule has 14 heavy (non-hydrogen) atoms. The molecule has 0 amide bonds. The number of aromatic nitrogens is 1. The van der Waals surface area contributed by atoms with E-state index in [0.29, 0.717) is 12.1 Å². The lowest BCUT2D eigenvalue weighted by atomic mass is 9.89. The largest absolute Gasteiger partial charge is 0.381 e. The van der Waals surface area contributed by atoms with Gasteiger partial charge in [0.2, 0.25) is 0 Å². The van der Waals surface area contributed by atoms with Gasteiger partial charge in [-0.1, -0.05) is 6.07 Å². The molecule has 0 aliphatic heterocycles. The van der Waals surface area contributed by atoms with Gasteiger partial charge < -0.3 is 10.1 Å². The molecule has 1 fully saturated rings. The third-order valence-corrected chi connectivity index (χ3v) is 2.67. The Kier molecular flexibility index (Phi) is 2.68. The zero-order chi connectivity index (χ0) is 9.97. The highest BCUT2D eigenvalue weighted by atomic mass is 16.5. The van der Waals surface area contributed by atoms with Crippen LogP contribution in [0.5, 0.6) is 0 Å². The van der Waals surface area contributed by atoms with E-state index in [1.165, 1.54) is 0 Å². The second kappa shape index (κ2) is 3.96. The fraction of sp³-hybridized carbons (Fsp3) is 0.545. The van der Waals surface area contributed by atoms with Crippen molar-refractivity contribution in [1.82, 2.24) is 4.98 Å². The molecule has 1 aromatic heterocycles. The summed E-state index contributed by atoms with van der Waals surface area (Å²) >= 11 is 0. The molecule has 0 aromatic carbocycles. The van der Waals surface area contributed by atoms with Crippen molar-refractivity contribution in [2.45, 2.75) is 31.9 Å². The second-order valence-corrected chi connectivity index (χ2v) is 3.83. The lowest BCUT2D eigenvalue weighted by Gasteiger charge is -2.34. The van der Waals surface area contributed by atoms with E-state index in [1.54, 1.807) is 7.11 Å². The Morgan fingerprint density at radius 1 is 1.43 bits per heavy atom. The normalized spacial score (nSPS) is 25.6. The number of aryl methyl sites for hydroxylation is 1. The molecule has 0 spiro atoms. The van der Waals surface area contributed by atoms with Gasteiger partial charge in [-0.3, -0.25) is 0 Å². The smallest absolute Gasteiger partial charge is 0.126 e. The molecule has 0 bridgehead atoms. The van der Waals surface area contributed by atoms with Crippen LogP contribution < -0.4 is 5.32 Å². The molecular weight excluding hydrogens is 176 g/mol. The van der Waals surface area contributed by atoms with Crippen molar-refractivity contribution in [2.75, 3.05) is 12.4 Å². The van der Waals surface area contributed by atoms with E-state index < -0.39 is 0 Å². The van der Waals surface area contributed by atoms with Gasteiger partial charge in [-0.15, -0.1) is 0 Å². The molecule has 3 heteroatoms. The van der Waals surface area contributed by atoms with E-state index in [1.807, 2.05) is 25.1 Å². The minimum Gasteiger partial charge on any atom is -0.381 e. The fourth-order valence-electron chi connectivity index (χ4n) is 1.71. The van der Waals surface area contributed by atoms with Crippen LogP contribution >= 0.6 is 0 Å². The minimum absolute atomic E-state index is 0.442. The van der Waals surface area contributed by atoms with Gasteiger partial charge in [-0.05, 0) is 31.9 Å². The Morgan fingerprint density at radius 2 is 2.21 bits per heavy atom. The molecule has 1 N–H and O–H groups in total. The third kappa shape index (κ3) is 2.04. The summed E-state index contributed by atoms with van der Waals surface area (Å²) in [5, 5.41) is 3.39. The standard InChI is InChI=1S/C11H16N2O/c1-8-4-3-5-11(12-8)13-9-6-10(7-9)14-2/h3-5,9-10H,6-7H2,1-2H3,(H,12,13). The number of hydrogen-bond donors (Lipinski definition) is 1. The van der Waals surface area contributed by atoms with Gasteiger partial charge in [0.1, 0.15) is 5.82 Å². The maximum absolute atomic E-state index is 5.22. The van der Waals surface area contributed by atoms with Crippen LogP contribution in [-0.4, -0.2) is 24.2 Å². The highest BCUT2D eigenvalue weighted by Gasteiger charge is 2.28. The molecule has 2 rings (SSSR count). The summed E-state index contributed by atoms with van der Waals surface area (Å²) in [5.74, 6) is 0.976. The van der Waals surface area contributed by atoms with E-state index in [9.17, 15) is 0 Å². The zero-order valence-electron chi connectivity index (χ0n) is 8.66. The summed E-state index contributed by atoms with van der Waals surface area (Å²) in [5.41, 5.74) is 1.05. The van der Waals surface area contributed by atoms with E-state index in [4.69, 9.17) is 4.74 Å². The van der Waals surface area contributed by atoms with Gasteiger partial charge in [0.25, 0.3) is 0 Å². The van der Waals surface area contributed by atoms with Gasteiger partial charge in [-0.25, -0.2) is 4.98 Å². The van der Waals surface area contributed by atoms with Crippen LogP contribution in [0.3, 0.4) is 0 Å². The summed E-state index contributed by atoms with van der Waals surface area (Å²) < 4.78 is 5.22. The molecule has 1 heterocycles. The molecule has 1 aromatic rings. The Morgan fingerprint density at radius 3 is 2.86 bits per heavy atom. The van der Waals surface area contributed by atoms with Gasteiger partial charge >= 0.3 is 0 Å². The van der Waals surface area contributed by atoms with Crippen LogP contribution in [-0.2, 0) is 4.74 Å². The van der Waals surface area contributed by atoms with E-state index in [-0.39, 0.29) is 0 Å². The monoisotopic (exact) mass is 192 g/mol. The van der Waals surface area contributed by atoms with E-state index in [2.05, 4.69) is 10.3 Å². The first-order valence-corrected chi connectivity index (χ1v) is 5.01. The first-order chi connectivity index (χ1) is 6.78. The number of rotatable bonds is 3. The van der Waals surface area contributed by atoms with E-state index in [0.717, 1.165) is 24.4 Å². The van der Waals surface area contributed by atoms with Crippen molar-refractivity contribution in [3.05, 3.63) is 23.9 Å². The number of pyridine rings is 1. The predicted molar refractivity (Wildman–Crippen MR) is 56.4 cm³/mol. The second-order valence-electron chi connectivity index (χ2n) is 3.83. The van der Waals surface area contributed by atoms with Gasteiger partial charge in [0, 0.05) is 18.8 Å². The summed E-state index contributed by atoms with van der Waals surface area (Å²) in [7, 11) is 1.77. The number of hydrogen-bond acceptors (Lipinski definition) is 3. The lowest BCUT2D eigenvalue weighted by Crippen LogP contribution is -2.40. The SMILES string of the molecule is COC1CC(Nc2cccc(C)n2)C1. The molecule has 1 saturated carbocycles. The summed E-state index contributed by atoms with van der Waals surface area (Å²) in [6.45, 7) is 2.00. The summed E-state index contributed by atoms with van der Waals surface area (Å²) in [6, 6.07) is 6.57. The molecule has 0 unspecified atom stereocenters. The van der Waals surface area contributed by atoms with Crippen molar-refractivity contribution in [3.63, 3.8) is 0 Å². The number of anilines is 1. The molecule has 0 saturated heterocycles. The fourth-order valence-corrected chi connectivity index (χ4v) is 1.71. The average molecular weight is 192 g/mol.